The quantitative estimate of drug-likeness (QED) is 0.702. The zero-order valence-corrected chi connectivity index (χ0v) is 8.98. The van der Waals surface area contributed by atoms with Crippen molar-refractivity contribution >= 4 is 0 Å². The summed E-state index contributed by atoms with van der Waals surface area (Å²) in [7, 11) is 1.81. The molecule has 3 rings (SSSR count). The summed E-state index contributed by atoms with van der Waals surface area (Å²) >= 11 is 0. The number of benzene rings is 1. The van der Waals surface area contributed by atoms with E-state index in [1.165, 1.54) is 18.4 Å². The minimum Gasteiger partial charge on any atom is -0.370 e. The van der Waals surface area contributed by atoms with Crippen LogP contribution in [0.5, 0.6) is 0 Å². The Labute approximate surface area is 90.2 Å². The second-order valence-corrected chi connectivity index (χ2v) is 4.46. The highest BCUT2D eigenvalue weighted by Gasteiger charge is 2.57. The fraction of sp³-hybridized carbons (Fsp3) is 0.538. The fourth-order valence-corrected chi connectivity index (χ4v) is 2.61. The van der Waals surface area contributed by atoms with Crippen molar-refractivity contribution in [3.63, 3.8) is 0 Å². The van der Waals surface area contributed by atoms with E-state index in [0.717, 1.165) is 6.61 Å². The van der Waals surface area contributed by atoms with Crippen molar-refractivity contribution in [3.8, 4) is 0 Å². The highest BCUT2D eigenvalue weighted by atomic mass is 16.6. The molecule has 0 amide bonds. The maximum Gasteiger partial charge on any atom is 0.124 e. The molecule has 2 nitrogen and oxygen atoms in total. The van der Waals surface area contributed by atoms with Gasteiger partial charge in [-0.15, -0.1) is 0 Å². The number of rotatable bonds is 4. The van der Waals surface area contributed by atoms with Gasteiger partial charge in [0.15, 0.2) is 0 Å². The van der Waals surface area contributed by atoms with Crippen molar-refractivity contribution in [1.82, 2.24) is 0 Å². The van der Waals surface area contributed by atoms with Crippen LogP contribution >= 0.6 is 0 Å². The average molecular weight is 204 g/mol. The monoisotopic (exact) mass is 204 g/mol. The van der Waals surface area contributed by atoms with Gasteiger partial charge in [0.05, 0.1) is 6.61 Å². The van der Waals surface area contributed by atoms with Crippen LogP contribution in [0.1, 0.15) is 18.4 Å². The van der Waals surface area contributed by atoms with Gasteiger partial charge >= 0.3 is 0 Å². The summed E-state index contributed by atoms with van der Waals surface area (Å²) in [4.78, 5) is 0. The molecular formula is C13H16O2. The lowest BCUT2D eigenvalue weighted by atomic mass is 9.85. The Morgan fingerprint density at radius 3 is 2.40 bits per heavy atom. The van der Waals surface area contributed by atoms with Crippen LogP contribution in [-0.4, -0.2) is 19.8 Å². The van der Waals surface area contributed by atoms with Gasteiger partial charge in [-0.25, -0.2) is 0 Å². The summed E-state index contributed by atoms with van der Waals surface area (Å²) in [6.45, 7) is 0.846. The first-order valence-corrected chi connectivity index (χ1v) is 5.60. The lowest BCUT2D eigenvalue weighted by Gasteiger charge is -2.31. The van der Waals surface area contributed by atoms with Gasteiger partial charge < -0.3 is 9.47 Å². The molecule has 1 aromatic rings. The Bertz CT molecular complexity index is 327. The molecule has 2 atom stereocenters. The summed E-state index contributed by atoms with van der Waals surface area (Å²) < 4.78 is 11.3. The Morgan fingerprint density at radius 2 is 1.93 bits per heavy atom. The van der Waals surface area contributed by atoms with E-state index in [2.05, 4.69) is 24.3 Å². The van der Waals surface area contributed by atoms with E-state index in [-0.39, 0.29) is 11.7 Å². The molecule has 2 aliphatic rings. The second-order valence-electron chi connectivity index (χ2n) is 4.46. The zero-order chi connectivity index (χ0) is 10.3. The maximum atomic E-state index is 5.85. The van der Waals surface area contributed by atoms with Gasteiger partial charge in [0.1, 0.15) is 11.7 Å². The van der Waals surface area contributed by atoms with Gasteiger partial charge in [-0.2, -0.15) is 0 Å². The Kier molecular flexibility index (Phi) is 2.08. The summed E-state index contributed by atoms with van der Waals surface area (Å²) in [5, 5.41) is 0. The first-order chi connectivity index (χ1) is 7.38. The van der Waals surface area contributed by atoms with E-state index in [0.29, 0.717) is 5.92 Å². The van der Waals surface area contributed by atoms with Crippen LogP contribution in [0, 0.1) is 5.92 Å². The molecule has 0 spiro atoms. The molecule has 2 heteroatoms. The van der Waals surface area contributed by atoms with Gasteiger partial charge in [-0.3, -0.25) is 0 Å². The zero-order valence-electron chi connectivity index (χ0n) is 8.98. The van der Waals surface area contributed by atoms with E-state index >= 15 is 0 Å². The molecule has 1 saturated heterocycles. The molecule has 1 unspecified atom stereocenters. The molecule has 0 aromatic heterocycles. The molecule has 1 heterocycles. The van der Waals surface area contributed by atoms with Crippen molar-refractivity contribution in [1.29, 1.82) is 0 Å². The standard InChI is InChI=1S/C13H16O2/c1-14-13(11-7-8-11,12-9-15-12)10-5-3-2-4-6-10/h2-6,11-12H,7-9H2,1H3/t12?,13-/m0/s1. The highest BCUT2D eigenvalue weighted by molar-refractivity contribution is 5.28. The third-order valence-electron chi connectivity index (χ3n) is 3.56. The van der Waals surface area contributed by atoms with Gasteiger partial charge in [-0.1, -0.05) is 30.3 Å². The summed E-state index contributed by atoms with van der Waals surface area (Å²) in [5.74, 6) is 0.650. The molecule has 1 aliphatic carbocycles. The van der Waals surface area contributed by atoms with Crippen LogP contribution < -0.4 is 0 Å². The molecule has 1 saturated carbocycles. The first-order valence-electron chi connectivity index (χ1n) is 5.60. The van der Waals surface area contributed by atoms with Crippen LogP contribution in [0.2, 0.25) is 0 Å². The molecule has 0 bridgehead atoms. The summed E-state index contributed by atoms with van der Waals surface area (Å²) in [5.41, 5.74) is 1.11. The van der Waals surface area contributed by atoms with Crippen LogP contribution in [0.25, 0.3) is 0 Å². The second kappa shape index (κ2) is 3.32. The SMILES string of the molecule is CO[C@@](c1ccccc1)(C1CC1)C1CO1. The van der Waals surface area contributed by atoms with Crippen molar-refractivity contribution < 1.29 is 9.47 Å². The summed E-state index contributed by atoms with van der Waals surface area (Å²) in [6.07, 6.45) is 2.81. The van der Waals surface area contributed by atoms with E-state index in [1.807, 2.05) is 13.2 Å². The van der Waals surface area contributed by atoms with Gasteiger partial charge in [0.25, 0.3) is 0 Å². The molecular weight excluding hydrogens is 188 g/mol. The molecule has 0 radical (unpaired) electrons. The van der Waals surface area contributed by atoms with Crippen LogP contribution in [0.15, 0.2) is 30.3 Å². The predicted molar refractivity (Wildman–Crippen MR) is 57.6 cm³/mol. The Balaban J connectivity index is 2.01. The smallest absolute Gasteiger partial charge is 0.124 e. The van der Waals surface area contributed by atoms with Crippen LogP contribution in [-0.2, 0) is 15.1 Å². The maximum absolute atomic E-state index is 5.85. The van der Waals surface area contributed by atoms with Crippen molar-refractivity contribution in [2.45, 2.75) is 24.5 Å². The number of hydrogen-bond acceptors (Lipinski definition) is 2. The number of methoxy groups -OCH3 is 1. The molecule has 15 heavy (non-hydrogen) atoms. The number of hydrogen-bond donors (Lipinski definition) is 0. The number of ether oxygens (including phenoxy) is 2. The molecule has 1 aliphatic heterocycles. The summed E-state index contributed by atoms with van der Waals surface area (Å²) in [6, 6.07) is 10.5. The van der Waals surface area contributed by atoms with Crippen molar-refractivity contribution in [2.75, 3.05) is 13.7 Å². The average Bonchev–Trinajstić information content (AvgIpc) is 3.15. The predicted octanol–water partition coefficient (Wildman–Crippen LogP) is 2.34. The molecule has 2 fully saturated rings. The topological polar surface area (TPSA) is 21.8 Å². The van der Waals surface area contributed by atoms with Crippen molar-refractivity contribution in [2.24, 2.45) is 5.92 Å². The van der Waals surface area contributed by atoms with Gasteiger partial charge in [0, 0.05) is 7.11 Å². The van der Waals surface area contributed by atoms with Crippen molar-refractivity contribution in [3.05, 3.63) is 35.9 Å². The van der Waals surface area contributed by atoms with Gasteiger partial charge in [0.2, 0.25) is 0 Å². The molecule has 80 valence electrons. The lowest BCUT2D eigenvalue weighted by molar-refractivity contribution is -0.0562. The van der Waals surface area contributed by atoms with E-state index in [4.69, 9.17) is 9.47 Å². The fourth-order valence-electron chi connectivity index (χ4n) is 2.61. The van der Waals surface area contributed by atoms with Crippen LogP contribution in [0.3, 0.4) is 0 Å². The Morgan fingerprint density at radius 1 is 1.27 bits per heavy atom. The minimum atomic E-state index is -0.165. The van der Waals surface area contributed by atoms with E-state index < -0.39 is 0 Å². The van der Waals surface area contributed by atoms with Crippen LogP contribution in [0.4, 0.5) is 0 Å². The molecule has 0 N–H and O–H groups in total. The lowest BCUT2D eigenvalue weighted by Crippen LogP contribution is -2.37. The highest BCUT2D eigenvalue weighted by Crippen LogP contribution is 2.53. The van der Waals surface area contributed by atoms with E-state index in [9.17, 15) is 0 Å². The van der Waals surface area contributed by atoms with Gasteiger partial charge in [-0.05, 0) is 24.3 Å². The first kappa shape index (κ1) is 9.37. The third kappa shape index (κ3) is 1.40. The molecule has 1 aromatic carbocycles. The minimum absolute atomic E-state index is 0.165. The number of epoxide rings is 1. The third-order valence-corrected chi connectivity index (χ3v) is 3.56. The Hall–Kier alpha value is -0.860. The van der Waals surface area contributed by atoms with E-state index in [1.54, 1.807) is 0 Å². The normalized spacial score (nSPS) is 28.5. The largest absolute Gasteiger partial charge is 0.370 e.